The van der Waals surface area contributed by atoms with E-state index in [4.69, 9.17) is 25.8 Å². The Morgan fingerprint density at radius 1 is 1.06 bits per heavy atom. The van der Waals surface area contributed by atoms with Crippen molar-refractivity contribution in [1.82, 2.24) is 15.4 Å². The molecule has 1 aromatic heterocycles. The van der Waals surface area contributed by atoms with Gasteiger partial charge in [-0.25, -0.2) is 9.99 Å². The van der Waals surface area contributed by atoms with Crippen LogP contribution in [-0.2, 0) is 6.54 Å². The second-order valence-corrected chi connectivity index (χ2v) is 8.20. The van der Waals surface area contributed by atoms with Crippen molar-refractivity contribution in [3.63, 3.8) is 0 Å². The van der Waals surface area contributed by atoms with Gasteiger partial charge in [-0.05, 0) is 42.8 Å². The fraction of sp³-hybridized carbons (Fsp3) is 0.273. The molecule has 0 atom stereocenters. The Kier molecular flexibility index (Phi) is 7.37. The number of hydrogen-bond donors (Lipinski definition) is 1. The highest BCUT2D eigenvalue weighted by Gasteiger charge is 2.19. The number of thiazole rings is 1. The molecule has 3 rings (SSSR count). The highest BCUT2D eigenvalue weighted by Crippen LogP contribution is 2.36. The molecule has 0 radical (unpaired) electrons. The molecule has 3 aromatic rings. The smallest absolute Gasteiger partial charge is 0.277 e. The molecule has 0 aliphatic rings. The normalized spacial score (nSPS) is 10.8. The lowest BCUT2D eigenvalue weighted by Gasteiger charge is -2.18. The number of benzene rings is 2. The van der Waals surface area contributed by atoms with Gasteiger partial charge < -0.3 is 14.2 Å². The number of rotatable bonds is 8. The minimum atomic E-state index is -0.225. The van der Waals surface area contributed by atoms with Crippen LogP contribution in [0.2, 0.25) is 5.02 Å². The van der Waals surface area contributed by atoms with Crippen LogP contribution in [0.4, 0.5) is 0 Å². The fourth-order valence-corrected chi connectivity index (χ4v) is 4.23. The summed E-state index contributed by atoms with van der Waals surface area (Å²) in [5, 5.41) is 2.98. The lowest BCUT2D eigenvalue weighted by molar-refractivity contribution is 0.0823. The minimum absolute atomic E-state index is 0.225. The summed E-state index contributed by atoms with van der Waals surface area (Å²) >= 11 is 7.35. The summed E-state index contributed by atoms with van der Waals surface area (Å²) in [4.78, 5) is 18.0. The topological polar surface area (TPSA) is 72.9 Å². The lowest BCUT2D eigenvalue weighted by Crippen LogP contribution is -2.38. The van der Waals surface area contributed by atoms with E-state index in [0.717, 1.165) is 11.1 Å². The zero-order valence-corrected chi connectivity index (χ0v) is 19.6. The van der Waals surface area contributed by atoms with E-state index >= 15 is 0 Å². The summed E-state index contributed by atoms with van der Waals surface area (Å²) in [5.41, 5.74) is 5.30. The van der Waals surface area contributed by atoms with Gasteiger partial charge in [-0.15, -0.1) is 11.3 Å². The number of nitrogens with one attached hydrogen (secondary N) is 1. The summed E-state index contributed by atoms with van der Waals surface area (Å²) < 4.78 is 16.0. The number of hydrogen-bond acceptors (Lipinski definition) is 7. The molecule has 1 N–H and O–H groups in total. The van der Waals surface area contributed by atoms with E-state index in [2.05, 4.69) is 10.4 Å². The predicted octanol–water partition coefficient (Wildman–Crippen LogP) is 4.57. The first-order chi connectivity index (χ1) is 14.9. The van der Waals surface area contributed by atoms with Crippen molar-refractivity contribution in [3.8, 4) is 27.8 Å². The summed E-state index contributed by atoms with van der Waals surface area (Å²) in [7, 11) is 6.56. The van der Waals surface area contributed by atoms with Crippen molar-refractivity contribution in [2.24, 2.45) is 0 Å². The van der Waals surface area contributed by atoms with Crippen molar-refractivity contribution < 1.29 is 19.0 Å². The largest absolute Gasteiger partial charge is 0.496 e. The number of carbonyl (C=O) groups is 1. The molecule has 2 aromatic carbocycles. The maximum Gasteiger partial charge on any atom is 0.277 e. The van der Waals surface area contributed by atoms with Gasteiger partial charge in [0.1, 0.15) is 15.6 Å². The molecule has 0 aliphatic heterocycles. The Morgan fingerprint density at radius 3 is 2.45 bits per heavy atom. The van der Waals surface area contributed by atoms with Gasteiger partial charge in [0.2, 0.25) is 0 Å². The number of ether oxygens (including phenoxy) is 3. The molecule has 31 heavy (non-hydrogen) atoms. The second-order valence-electron chi connectivity index (χ2n) is 6.76. The Bertz CT molecular complexity index is 1090. The Labute approximate surface area is 190 Å². The van der Waals surface area contributed by atoms with Crippen molar-refractivity contribution in [3.05, 3.63) is 57.6 Å². The van der Waals surface area contributed by atoms with Gasteiger partial charge >= 0.3 is 0 Å². The molecule has 0 spiro atoms. The molecule has 7 nitrogen and oxygen atoms in total. The highest BCUT2D eigenvalue weighted by atomic mass is 35.5. The number of aromatic nitrogens is 1. The van der Waals surface area contributed by atoms with E-state index in [1.165, 1.54) is 11.3 Å². The number of hydrazine groups is 1. The molecular weight excluding hydrogens is 438 g/mol. The molecule has 0 saturated carbocycles. The van der Waals surface area contributed by atoms with Crippen LogP contribution in [0.25, 0.3) is 10.6 Å². The SMILES string of the molecule is COc1ccc(CN(C)NC(=O)c2sc(-c3ccc(Cl)cc3OC)nc2C)cc1OC. The molecule has 164 valence electrons. The molecule has 0 bridgehead atoms. The van der Waals surface area contributed by atoms with E-state index in [9.17, 15) is 4.79 Å². The first kappa shape index (κ1) is 22.9. The van der Waals surface area contributed by atoms with Crippen molar-refractivity contribution in [2.75, 3.05) is 28.4 Å². The quantitative estimate of drug-likeness (QED) is 0.495. The van der Waals surface area contributed by atoms with Gasteiger partial charge in [0.15, 0.2) is 11.5 Å². The summed E-state index contributed by atoms with van der Waals surface area (Å²) in [6.07, 6.45) is 0. The molecule has 1 heterocycles. The minimum Gasteiger partial charge on any atom is -0.496 e. The number of halogens is 1. The molecule has 1 amide bonds. The van der Waals surface area contributed by atoms with Crippen molar-refractivity contribution in [2.45, 2.75) is 13.5 Å². The van der Waals surface area contributed by atoms with Crippen LogP contribution >= 0.6 is 22.9 Å². The summed E-state index contributed by atoms with van der Waals surface area (Å²) in [6, 6.07) is 11.0. The van der Waals surface area contributed by atoms with Crippen molar-refractivity contribution >= 4 is 28.8 Å². The first-order valence-electron chi connectivity index (χ1n) is 9.40. The zero-order valence-electron chi connectivity index (χ0n) is 18.0. The number of carbonyl (C=O) groups excluding carboxylic acids is 1. The van der Waals surface area contributed by atoms with Gasteiger partial charge in [-0.2, -0.15) is 0 Å². The number of amides is 1. The molecule has 9 heteroatoms. The van der Waals surface area contributed by atoms with Gasteiger partial charge in [-0.1, -0.05) is 17.7 Å². The van der Waals surface area contributed by atoms with E-state index in [1.807, 2.05) is 31.2 Å². The Hall–Kier alpha value is -2.81. The lowest BCUT2D eigenvalue weighted by atomic mass is 10.2. The third-order valence-electron chi connectivity index (χ3n) is 4.56. The van der Waals surface area contributed by atoms with Crippen LogP contribution in [0.3, 0.4) is 0 Å². The maximum atomic E-state index is 12.9. The number of aryl methyl sites for hydroxylation is 1. The van der Waals surface area contributed by atoms with Gasteiger partial charge in [0.25, 0.3) is 5.91 Å². The van der Waals surface area contributed by atoms with Crippen LogP contribution in [0, 0.1) is 6.92 Å². The van der Waals surface area contributed by atoms with E-state index in [1.54, 1.807) is 45.5 Å². The Morgan fingerprint density at radius 2 is 1.77 bits per heavy atom. The van der Waals surface area contributed by atoms with Gasteiger partial charge in [0.05, 0.1) is 32.6 Å². The monoisotopic (exact) mass is 461 g/mol. The second kappa shape index (κ2) is 10.00. The molecular formula is C22H24ClN3O4S. The van der Waals surface area contributed by atoms with E-state index < -0.39 is 0 Å². The molecule has 0 saturated heterocycles. The summed E-state index contributed by atoms with van der Waals surface area (Å²) in [5.74, 6) is 1.68. The van der Waals surface area contributed by atoms with Crippen LogP contribution in [0.1, 0.15) is 20.9 Å². The van der Waals surface area contributed by atoms with Crippen LogP contribution in [-0.4, -0.2) is 44.3 Å². The maximum absolute atomic E-state index is 12.9. The van der Waals surface area contributed by atoms with Crippen LogP contribution in [0.15, 0.2) is 36.4 Å². The first-order valence-corrected chi connectivity index (χ1v) is 10.6. The molecule has 0 aliphatic carbocycles. The average Bonchev–Trinajstić information content (AvgIpc) is 3.14. The van der Waals surface area contributed by atoms with Gasteiger partial charge in [0, 0.05) is 18.6 Å². The van der Waals surface area contributed by atoms with Crippen molar-refractivity contribution in [1.29, 1.82) is 0 Å². The van der Waals surface area contributed by atoms with E-state index in [0.29, 0.717) is 44.4 Å². The number of methoxy groups -OCH3 is 3. The Balaban J connectivity index is 1.74. The fourth-order valence-electron chi connectivity index (χ4n) is 3.08. The van der Waals surface area contributed by atoms with Crippen LogP contribution < -0.4 is 19.6 Å². The van der Waals surface area contributed by atoms with Crippen LogP contribution in [0.5, 0.6) is 17.2 Å². The zero-order chi connectivity index (χ0) is 22.5. The van der Waals surface area contributed by atoms with Gasteiger partial charge in [-0.3, -0.25) is 10.2 Å². The third kappa shape index (κ3) is 5.28. The molecule has 0 unspecified atom stereocenters. The predicted molar refractivity (Wildman–Crippen MR) is 122 cm³/mol. The number of nitrogens with zero attached hydrogens (tertiary/aromatic N) is 2. The average molecular weight is 462 g/mol. The van der Waals surface area contributed by atoms with E-state index in [-0.39, 0.29) is 5.91 Å². The summed E-state index contributed by atoms with van der Waals surface area (Å²) in [6.45, 7) is 2.30. The third-order valence-corrected chi connectivity index (χ3v) is 5.98. The standard InChI is InChI=1S/C22H24ClN3O4S/c1-13-20(31-22(24-13)16-8-7-15(23)11-18(16)29-4)21(27)25-26(2)12-14-6-9-17(28-3)19(10-14)30-5/h6-11H,12H2,1-5H3,(H,25,27). The molecule has 0 fully saturated rings. The highest BCUT2D eigenvalue weighted by molar-refractivity contribution is 7.17.